The average Bonchev–Trinajstić information content (AvgIpc) is 2.33. The number of rotatable bonds is 2. The van der Waals surface area contributed by atoms with E-state index < -0.39 is 11.8 Å². The SMILES string of the molecule is O=C(O)c1cncc(-c2cccc(Cl)c2F)n1. The van der Waals surface area contributed by atoms with E-state index in [0.717, 1.165) is 6.20 Å². The van der Waals surface area contributed by atoms with Crippen molar-refractivity contribution >= 4 is 17.6 Å². The molecule has 17 heavy (non-hydrogen) atoms. The number of aromatic carboxylic acids is 1. The summed E-state index contributed by atoms with van der Waals surface area (Å²) in [6.45, 7) is 0. The first-order valence-corrected chi connectivity index (χ1v) is 4.97. The number of carboxylic acids is 1. The lowest BCUT2D eigenvalue weighted by Crippen LogP contribution is -2.02. The highest BCUT2D eigenvalue weighted by Crippen LogP contribution is 2.25. The van der Waals surface area contributed by atoms with Crippen molar-refractivity contribution in [2.24, 2.45) is 0 Å². The van der Waals surface area contributed by atoms with Crippen LogP contribution in [0, 0.1) is 5.82 Å². The summed E-state index contributed by atoms with van der Waals surface area (Å²) in [6.07, 6.45) is 2.37. The lowest BCUT2D eigenvalue weighted by molar-refractivity contribution is 0.0690. The lowest BCUT2D eigenvalue weighted by Gasteiger charge is -2.04. The first-order chi connectivity index (χ1) is 8.09. The van der Waals surface area contributed by atoms with E-state index in [9.17, 15) is 9.18 Å². The Bertz CT molecular complexity index is 589. The molecular formula is C11H6ClFN2O2. The van der Waals surface area contributed by atoms with Gasteiger partial charge in [-0.3, -0.25) is 4.98 Å². The van der Waals surface area contributed by atoms with Gasteiger partial charge in [0.25, 0.3) is 0 Å². The monoisotopic (exact) mass is 252 g/mol. The fourth-order valence-electron chi connectivity index (χ4n) is 1.30. The van der Waals surface area contributed by atoms with Gasteiger partial charge in [0.1, 0.15) is 0 Å². The van der Waals surface area contributed by atoms with Gasteiger partial charge in [0, 0.05) is 5.56 Å². The first-order valence-electron chi connectivity index (χ1n) is 4.59. The van der Waals surface area contributed by atoms with Gasteiger partial charge < -0.3 is 5.11 Å². The summed E-state index contributed by atoms with van der Waals surface area (Å²) in [7, 11) is 0. The fraction of sp³-hybridized carbons (Fsp3) is 0. The third-order valence-corrected chi connectivity index (χ3v) is 2.37. The van der Waals surface area contributed by atoms with Gasteiger partial charge in [0.2, 0.25) is 0 Å². The predicted octanol–water partition coefficient (Wildman–Crippen LogP) is 2.63. The summed E-state index contributed by atoms with van der Waals surface area (Å²) >= 11 is 5.63. The second-order valence-corrected chi connectivity index (χ2v) is 3.60. The van der Waals surface area contributed by atoms with Crippen LogP contribution in [-0.2, 0) is 0 Å². The normalized spacial score (nSPS) is 10.2. The molecule has 2 rings (SSSR count). The van der Waals surface area contributed by atoms with Crippen LogP contribution in [-0.4, -0.2) is 21.0 Å². The molecule has 1 heterocycles. The Balaban J connectivity index is 2.57. The summed E-state index contributed by atoms with van der Waals surface area (Å²) in [4.78, 5) is 18.2. The van der Waals surface area contributed by atoms with E-state index in [0.29, 0.717) is 0 Å². The molecule has 0 aliphatic heterocycles. The minimum absolute atomic E-state index is 0.0509. The van der Waals surface area contributed by atoms with Crippen LogP contribution in [0.4, 0.5) is 4.39 Å². The Labute approximate surface area is 101 Å². The van der Waals surface area contributed by atoms with E-state index in [2.05, 4.69) is 9.97 Å². The maximum Gasteiger partial charge on any atom is 0.356 e. The minimum atomic E-state index is -1.22. The van der Waals surface area contributed by atoms with Crippen molar-refractivity contribution in [3.05, 3.63) is 47.1 Å². The van der Waals surface area contributed by atoms with E-state index >= 15 is 0 Å². The highest BCUT2D eigenvalue weighted by Gasteiger charge is 2.12. The molecule has 0 saturated carbocycles. The van der Waals surface area contributed by atoms with Crippen molar-refractivity contribution in [2.75, 3.05) is 0 Å². The summed E-state index contributed by atoms with van der Waals surface area (Å²) in [5.74, 6) is -1.87. The molecule has 0 aliphatic rings. The molecule has 0 aliphatic carbocycles. The number of halogens is 2. The van der Waals surface area contributed by atoms with Crippen LogP contribution in [0.2, 0.25) is 5.02 Å². The van der Waals surface area contributed by atoms with Crippen molar-refractivity contribution in [3.8, 4) is 11.3 Å². The molecule has 4 nitrogen and oxygen atoms in total. The number of carbonyl (C=O) groups is 1. The minimum Gasteiger partial charge on any atom is -0.476 e. The summed E-state index contributed by atoms with van der Waals surface area (Å²) in [6, 6.07) is 4.40. The maximum atomic E-state index is 13.7. The molecule has 0 amide bonds. The Morgan fingerprint density at radius 1 is 1.35 bits per heavy atom. The Morgan fingerprint density at radius 2 is 2.12 bits per heavy atom. The van der Waals surface area contributed by atoms with Gasteiger partial charge in [-0.1, -0.05) is 17.7 Å². The van der Waals surface area contributed by atoms with Gasteiger partial charge in [-0.2, -0.15) is 0 Å². The molecule has 0 fully saturated rings. The van der Waals surface area contributed by atoms with Crippen LogP contribution in [0.5, 0.6) is 0 Å². The number of aromatic nitrogens is 2. The molecular weight excluding hydrogens is 247 g/mol. The number of hydrogen-bond acceptors (Lipinski definition) is 3. The lowest BCUT2D eigenvalue weighted by atomic mass is 10.1. The number of hydrogen-bond donors (Lipinski definition) is 1. The van der Waals surface area contributed by atoms with Crippen LogP contribution < -0.4 is 0 Å². The first kappa shape index (κ1) is 11.5. The predicted molar refractivity (Wildman–Crippen MR) is 59.4 cm³/mol. The van der Waals surface area contributed by atoms with Crippen molar-refractivity contribution < 1.29 is 14.3 Å². The van der Waals surface area contributed by atoms with E-state index in [4.69, 9.17) is 16.7 Å². The number of benzene rings is 1. The maximum absolute atomic E-state index is 13.7. The molecule has 1 aromatic heterocycles. The van der Waals surface area contributed by atoms with Crippen molar-refractivity contribution in [3.63, 3.8) is 0 Å². The second-order valence-electron chi connectivity index (χ2n) is 3.20. The number of carboxylic acid groups (broad SMARTS) is 1. The van der Waals surface area contributed by atoms with Gasteiger partial charge in [-0.15, -0.1) is 0 Å². The van der Waals surface area contributed by atoms with Crippen LogP contribution in [0.3, 0.4) is 0 Å². The molecule has 0 saturated heterocycles. The zero-order valence-corrected chi connectivity index (χ0v) is 9.15. The highest BCUT2D eigenvalue weighted by atomic mass is 35.5. The Hall–Kier alpha value is -2.01. The number of nitrogens with zero attached hydrogens (tertiary/aromatic N) is 2. The summed E-state index contributed by atoms with van der Waals surface area (Å²) in [5, 5.41) is 8.71. The van der Waals surface area contributed by atoms with Crippen molar-refractivity contribution in [1.29, 1.82) is 0 Å². The zero-order chi connectivity index (χ0) is 12.4. The molecule has 1 N–H and O–H groups in total. The van der Waals surface area contributed by atoms with Crippen LogP contribution in [0.1, 0.15) is 10.5 Å². The van der Waals surface area contributed by atoms with Crippen LogP contribution in [0.15, 0.2) is 30.6 Å². The third-order valence-electron chi connectivity index (χ3n) is 2.08. The van der Waals surface area contributed by atoms with Gasteiger partial charge >= 0.3 is 5.97 Å². The third kappa shape index (κ3) is 2.24. The van der Waals surface area contributed by atoms with Crippen LogP contribution >= 0.6 is 11.6 Å². The molecule has 0 unspecified atom stereocenters. The quantitative estimate of drug-likeness (QED) is 0.892. The van der Waals surface area contributed by atoms with Gasteiger partial charge in [0.05, 0.1) is 23.1 Å². The van der Waals surface area contributed by atoms with Crippen LogP contribution in [0.25, 0.3) is 11.3 Å². The standard InChI is InChI=1S/C11H6ClFN2O2/c12-7-3-1-2-6(10(7)13)8-4-14-5-9(15-8)11(16)17/h1-5H,(H,16,17). The summed E-state index contributed by atoms with van der Waals surface area (Å²) < 4.78 is 13.7. The Morgan fingerprint density at radius 3 is 2.82 bits per heavy atom. The molecule has 86 valence electrons. The molecule has 1 aromatic carbocycles. The summed E-state index contributed by atoms with van der Waals surface area (Å²) in [5.41, 5.74) is -0.000115. The van der Waals surface area contributed by atoms with Gasteiger partial charge in [0.15, 0.2) is 11.5 Å². The molecule has 0 radical (unpaired) electrons. The molecule has 6 heteroatoms. The van der Waals surface area contributed by atoms with Gasteiger partial charge in [-0.05, 0) is 12.1 Å². The second kappa shape index (κ2) is 4.47. The van der Waals surface area contributed by atoms with E-state index in [-0.39, 0.29) is 22.0 Å². The van der Waals surface area contributed by atoms with E-state index in [1.807, 2.05) is 0 Å². The van der Waals surface area contributed by atoms with E-state index in [1.54, 1.807) is 6.07 Å². The smallest absolute Gasteiger partial charge is 0.356 e. The Kier molecular flexibility index (Phi) is 3.01. The topological polar surface area (TPSA) is 63.1 Å². The highest BCUT2D eigenvalue weighted by molar-refractivity contribution is 6.31. The van der Waals surface area contributed by atoms with E-state index in [1.165, 1.54) is 18.3 Å². The largest absolute Gasteiger partial charge is 0.476 e. The van der Waals surface area contributed by atoms with Crippen molar-refractivity contribution in [1.82, 2.24) is 9.97 Å². The zero-order valence-electron chi connectivity index (χ0n) is 8.39. The fourth-order valence-corrected chi connectivity index (χ4v) is 1.47. The molecule has 2 aromatic rings. The molecule has 0 spiro atoms. The molecule has 0 atom stereocenters. The molecule has 0 bridgehead atoms. The van der Waals surface area contributed by atoms with Crippen molar-refractivity contribution in [2.45, 2.75) is 0 Å². The van der Waals surface area contributed by atoms with Gasteiger partial charge in [-0.25, -0.2) is 14.2 Å². The average molecular weight is 253 g/mol.